The van der Waals surface area contributed by atoms with E-state index in [-0.39, 0.29) is 17.0 Å². The smallest absolute Gasteiger partial charge is 0.335 e. The van der Waals surface area contributed by atoms with Crippen LogP contribution in [0.2, 0.25) is 0 Å². The molecule has 1 fully saturated rings. The molecule has 0 spiro atoms. The van der Waals surface area contributed by atoms with Crippen LogP contribution in [0.1, 0.15) is 29.2 Å². The molecular formula is C28H25BrN2O6. The van der Waals surface area contributed by atoms with E-state index in [2.05, 4.69) is 39.4 Å². The van der Waals surface area contributed by atoms with Crippen LogP contribution in [0, 0.1) is 13.8 Å². The van der Waals surface area contributed by atoms with Crippen LogP contribution in [0.25, 0.3) is 6.08 Å². The van der Waals surface area contributed by atoms with Crippen molar-refractivity contribution in [3.8, 4) is 17.2 Å². The lowest BCUT2D eigenvalue weighted by molar-refractivity contribution is -0.122. The van der Waals surface area contributed by atoms with Gasteiger partial charge in [0, 0.05) is 0 Å². The van der Waals surface area contributed by atoms with Gasteiger partial charge in [-0.3, -0.25) is 14.9 Å². The highest BCUT2D eigenvalue weighted by atomic mass is 79.9. The van der Waals surface area contributed by atoms with Crippen molar-refractivity contribution in [2.75, 3.05) is 11.5 Å². The van der Waals surface area contributed by atoms with Gasteiger partial charge in [-0.05, 0) is 90.3 Å². The maximum atomic E-state index is 13.2. The molecule has 9 heteroatoms. The molecule has 0 radical (unpaired) electrons. The van der Waals surface area contributed by atoms with Crippen LogP contribution >= 0.6 is 15.9 Å². The van der Waals surface area contributed by atoms with Gasteiger partial charge in [0.05, 0.1) is 16.8 Å². The van der Waals surface area contributed by atoms with E-state index >= 15 is 0 Å². The largest absolute Gasteiger partial charge is 0.508 e. The summed E-state index contributed by atoms with van der Waals surface area (Å²) in [6.07, 6.45) is 1.39. The molecule has 0 aliphatic carbocycles. The Bertz CT molecular complexity index is 1390. The lowest BCUT2D eigenvalue weighted by atomic mass is 10.1. The molecule has 8 nitrogen and oxygen atoms in total. The van der Waals surface area contributed by atoms with Gasteiger partial charge < -0.3 is 14.6 Å². The fraction of sp³-hybridized carbons (Fsp3) is 0.179. The maximum absolute atomic E-state index is 13.2. The Kier molecular flexibility index (Phi) is 7.63. The summed E-state index contributed by atoms with van der Waals surface area (Å²) in [5, 5.41) is 11.7. The van der Waals surface area contributed by atoms with Gasteiger partial charge in [0.1, 0.15) is 17.9 Å². The Morgan fingerprint density at radius 3 is 2.30 bits per heavy atom. The number of carbonyl (C=O) groups excluding carboxylic acids is 3. The van der Waals surface area contributed by atoms with Gasteiger partial charge in [-0.25, -0.2) is 9.69 Å². The number of urea groups is 1. The summed E-state index contributed by atoms with van der Waals surface area (Å²) in [5.41, 5.74) is 3.77. The Morgan fingerprint density at radius 1 is 0.973 bits per heavy atom. The number of imide groups is 2. The van der Waals surface area contributed by atoms with Crippen molar-refractivity contribution in [3.63, 3.8) is 0 Å². The van der Waals surface area contributed by atoms with Crippen LogP contribution in [-0.4, -0.2) is 29.6 Å². The van der Waals surface area contributed by atoms with Crippen molar-refractivity contribution in [2.24, 2.45) is 0 Å². The van der Waals surface area contributed by atoms with Crippen LogP contribution in [-0.2, 0) is 16.2 Å². The number of nitrogens with zero attached hydrogens (tertiary/aromatic N) is 1. The summed E-state index contributed by atoms with van der Waals surface area (Å²) in [5.74, 6) is -0.696. The van der Waals surface area contributed by atoms with E-state index in [0.717, 1.165) is 21.6 Å². The lowest BCUT2D eigenvalue weighted by Crippen LogP contribution is -2.54. The first kappa shape index (κ1) is 26.0. The number of amides is 4. The number of benzene rings is 3. The molecule has 2 N–H and O–H groups in total. The molecule has 3 aromatic carbocycles. The molecule has 3 aromatic rings. The molecular weight excluding hydrogens is 540 g/mol. The zero-order valence-corrected chi connectivity index (χ0v) is 22.1. The van der Waals surface area contributed by atoms with E-state index < -0.39 is 17.8 Å². The van der Waals surface area contributed by atoms with Crippen LogP contribution in [0.15, 0.2) is 64.6 Å². The number of phenols is 1. The average molecular weight is 565 g/mol. The number of barbiturate groups is 1. The highest BCUT2D eigenvalue weighted by molar-refractivity contribution is 9.10. The number of aryl methyl sites for hydroxylation is 2. The zero-order valence-electron chi connectivity index (χ0n) is 20.5. The molecule has 0 aromatic heterocycles. The van der Waals surface area contributed by atoms with Crippen molar-refractivity contribution in [3.05, 3.63) is 86.9 Å². The number of hydrogen-bond donors (Lipinski definition) is 2. The number of halogens is 1. The third-order valence-corrected chi connectivity index (χ3v) is 6.11. The first-order valence-corrected chi connectivity index (χ1v) is 12.3. The Hall–Kier alpha value is -4.11. The molecule has 37 heavy (non-hydrogen) atoms. The highest BCUT2D eigenvalue weighted by Crippen LogP contribution is 2.38. The summed E-state index contributed by atoms with van der Waals surface area (Å²) >= 11 is 3.52. The Balaban J connectivity index is 1.66. The topological polar surface area (TPSA) is 105 Å². The van der Waals surface area contributed by atoms with Gasteiger partial charge in [0.2, 0.25) is 0 Å². The Morgan fingerprint density at radius 2 is 1.65 bits per heavy atom. The van der Waals surface area contributed by atoms with Crippen molar-refractivity contribution in [2.45, 2.75) is 27.4 Å². The number of rotatable bonds is 7. The first-order valence-electron chi connectivity index (χ1n) is 11.5. The highest BCUT2D eigenvalue weighted by Gasteiger charge is 2.36. The van der Waals surface area contributed by atoms with E-state index in [1.165, 1.54) is 30.3 Å². The summed E-state index contributed by atoms with van der Waals surface area (Å²) in [4.78, 5) is 39.0. The number of anilines is 1. The van der Waals surface area contributed by atoms with Crippen LogP contribution in [0.4, 0.5) is 10.5 Å². The predicted octanol–water partition coefficient (Wildman–Crippen LogP) is 5.42. The number of nitrogens with one attached hydrogen (secondary N) is 1. The van der Waals surface area contributed by atoms with Crippen molar-refractivity contribution >= 4 is 45.5 Å². The maximum Gasteiger partial charge on any atom is 0.335 e. The number of carbonyl (C=O) groups is 3. The third kappa shape index (κ3) is 5.83. The second-order valence-corrected chi connectivity index (χ2v) is 9.38. The van der Waals surface area contributed by atoms with E-state index in [1.807, 2.05) is 20.8 Å². The third-order valence-electron chi connectivity index (χ3n) is 5.52. The van der Waals surface area contributed by atoms with Crippen molar-refractivity contribution < 1.29 is 29.0 Å². The van der Waals surface area contributed by atoms with E-state index in [9.17, 15) is 19.5 Å². The van der Waals surface area contributed by atoms with E-state index in [4.69, 9.17) is 9.47 Å². The quantitative estimate of drug-likeness (QED) is 0.293. The van der Waals surface area contributed by atoms with Crippen molar-refractivity contribution in [1.82, 2.24) is 5.32 Å². The minimum absolute atomic E-state index is 0.0198. The molecule has 4 rings (SSSR count). The molecule has 1 aliphatic rings. The normalized spacial score (nSPS) is 14.6. The monoisotopic (exact) mass is 564 g/mol. The minimum atomic E-state index is -0.871. The van der Waals surface area contributed by atoms with E-state index in [1.54, 1.807) is 12.1 Å². The van der Waals surface area contributed by atoms with Crippen LogP contribution in [0.3, 0.4) is 0 Å². The lowest BCUT2D eigenvalue weighted by Gasteiger charge is -2.26. The zero-order chi connectivity index (χ0) is 26.7. The molecule has 0 atom stereocenters. The number of ether oxygens (including phenoxy) is 2. The molecule has 190 valence electrons. The minimum Gasteiger partial charge on any atom is -0.508 e. The molecule has 1 heterocycles. The fourth-order valence-corrected chi connectivity index (χ4v) is 4.62. The summed E-state index contributed by atoms with van der Waals surface area (Å²) in [7, 11) is 0. The predicted molar refractivity (Wildman–Crippen MR) is 143 cm³/mol. The summed E-state index contributed by atoms with van der Waals surface area (Å²) in [6, 6.07) is 14.2. The molecule has 1 saturated heterocycles. The number of phenolic OH excluding ortho intramolecular Hbond substituents is 1. The first-order chi connectivity index (χ1) is 17.7. The number of aromatic hydroxyl groups is 1. The van der Waals surface area contributed by atoms with Gasteiger partial charge in [0.25, 0.3) is 11.8 Å². The van der Waals surface area contributed by atoms with Gasteiger partial charge in [0.15, 0.2) is 11.5 Å². The molecule has 4 amide bonds. The SMILES string of the molecule is CCOc1cc(/C=C2\C(=O)NC(=O)N(c3ccc(O)cc3)C2=O)cc(Br)c1OCc1cc(C)cc(C)c1. The number of hydrogen-bond acceptors (Lipinski definition) is 6. The summed E-state index contributed by atoms with van der Waals surface area (Å²) in [6.45, 7) is 6.59. The van der Waals surface area contributed by atoms with Gasteiger partial charge >= 0.3 is 6.03 Å². The Labute approximate surface area is 222 Å². The average Bonchev–Trinajstić information content (AvgIpc) is 2.82. The molecule has 0 bridgehead atoms. The fourth-order valence-electron chi connectivity index (χ4n) is 4.04. The molecule has 1 aliphatic heterocycles. The van der Waals surface area contributed by atoms with Crippen LogP contribution < -0.4 is 19.7 Å². The van der Waals surface area contributed by atoms with Gasteiger partial charge in [-0.1, -0.05) is 29.3 Å². The second-order valence-electron chi connectivity index (χ2n) is 8.52. The van der Waals surface area contributed by atoms with Crippen molar-refractivity contribution in [1.29, 1.82) is 0 Å². The van der Waals surface area contributed by atoms with Gasteiger partial charge in [-0.2, -0.15) is 0 Å². The molecule has 0 saturated carbocycles. The van der Waals surface area contributed by atoms with Crippen LogP contribution in [0.5, 0.6) is 17.2 Å². The standard InChI is InChI=1S/C28H25BrN2O6/c1-4-36-24-14-18(13-23(29)25(24)37-15-19-10-16(2)9-17(3)11-19)12-22-26(33)30-28(35)31(27(22)34)20-5-7-21(32)8-6-20/h5-14,32H,4,15H2,1-3H3,(H,30,33,35)/b22-12+. The molecule has 0 unspecified atom stereocenters. The summed E-state index contributed by atoms with van der Waals surface area (Å²) < 4.78 is 12.5. The van der Waals surface area contributed by atoms with Gasteiger partial charge in [-0.15, -0.1) is 0 Å². The van der Waals surface area contributed by atoms with E-state index in [0.29, 0.717) is 34.7 Å². The second kappa shape index (κ2) is 10.9.